The number of aliphatic carboxylic acids is 1. The number of ether oxygens (including phenoxy) is 1. The quantitative estimate of drug-likeness (QED) is 0.0385. The van der Waals surface area contributed by atoms with Crippen LogP contribution in [0.15, 0.2) is 12.2 Å². The Morgan fingerprint density at radius 1 is 0.521 bits per heavy atom. The lowest BCUT2D eigenvalue weighted by Crippen LogP contribution is -2.28. The molecule has 0 aliphatic heterocycles. The molecule has 0 heterocycles. The molecule has 48 heavy (non-hydrogen) atoms. The number of hydrogen-bond donors (Lipinski definition) is 2. The van der Waals surface area contributed by atoms with Gasteiger partial charge in [-0.2, -0.15) is 0 Å². The summed E-state index contributed by atoms with van der Waals surface area (Å²) < 4.78 is 5.96. The zero-order valence-electron chi connectivity index (χ0n) is 31.9. The van der Waals surface area contributed by atoms with E-state index in [4.69, 9.17) is 9.84 Å². The predicted molar refractivity (Wildman–Crippen MR) is 203 cm³/mol. The summed E-state index contributed by atoms with van der Waals surface area (Å²) in [7, 11) is 0. The maximum absolute atomic E-state index is 12.6. The minimum Gasteiger partial charge on any atom is -0.480 e. The van der Waals surface area contributed by atoms with Gasteiger partial charge >= 0.3 is 11.9 Å². The number of carbonyl (C=O) groups is 3. The van der Waals surface area contributed by atoms with Crippen LogP contribution in [0.4, 0.5) is 0 Å². The molecule has 0 spiro atoms. The molecule has 6 nitrogen and oxygen atoms in total. The molecule has 0 aliphatic rings. The molecule has 0 saturated carbocycles. The lowest BCUT2D eigenvalue weighted by Gasteiger charge is -2.18. The summed E-state index contributed by atoms with van der Waals surface area (Å²) in [5.74, 6) is -1.26. The Morgan fingerprint density at radius 3 is 1.33 bits per heavy atom. The number of esters is 1. The van der Waals surface area contributed by atoms with Crippen LogP contribution >= 0.6 is 0 Å². The first-order valence-electron chi connectivity index (χ1n) is 20.8. The van der Waals surface area contributed by atoms with Gasteiger partial charge in [0.05, 0.1) is 0 Å². The smallest absolute Gasteiger partial charge is 0.322 e. The van der Waals surface area contributed by atoms with Gasteiger partial charge in [-0.1, -0.05) is 161 Å². The van der Waals surface area contributed by atoms with Crippen LogP contribution in [0.25, 0.3) is 0 Å². The van der Waals surface area contributed by atoms with Crippen LogP contribution in [0.1, 0.15) is 226 Å². The van der Waals surface area contributed by atoms with Gasteiger partial charge in [-0.05, 0) is 64.2 Å². The van der Waals surface area contributed by atoms with Gasteiger partial charge in [-0.15, -0.1) is 0 Å². The van der Waals surface area contributed by atoms with Gasteiger partial charge in [0.2, 0.25) is 5.91 Å². The summed E-state index contributed by atoms with van der Waals surface area (Å²) in [5, 5.41) is 11.1. The van der Waals surface area contributed by atoms with Gasteiger partial charge in [0.25, 0.3) is 0 Å². The monoisotopic (exact) mass is 678 g/mol. The first kappa shape index (κ1) is 46.1. The molecule has 0 rings (SSSR count). The predicted octanol–water partition coefficient (Wildman–Crippen LogP) is 12.6. The van der Waals surface area contributed by atoms with E-state index in [9.17, 15) is 14.4 Å². The highest BCUT2D eigenvalue weighted by atomic mass is 16.5. The third-order valence-corrected chi connectivity index (χ3v) is 9.44. The average Bonchev–Trinajstić information content (AvgIpc) is 3.07. The van der Waals surface area contributed by atoms with Crippen LogP contribution in [0.3, 0.4) is 0 Å². The van der Waals surface area contributed by atoms with Crippen molar-refractivity contribution < 1.29 is 24.2 Å². The molecular weight excluding hydrogens is 598 g/mol. The molecule has 1 unspecified atom stereocenters. The van der Waals surface area contributed by atoms with Crippen molar-refractivity contribution in [3.8, 4) is 0 Å². The van der Waals surface area contributed by atoms with E-state index in [1.54, 1.807) is 0 Å². The van der Waals surface area contributed by atoms with Gasteiger partial charge in [0.1, 0.15) is 12.6 Å². The second kappa shape index (κ2) is 38.0. The largest absolute Gasteiger partial charge is 0.480 e. The van der Waals surface area contributed by atoms with E-state index in [-0.39, 0.29) is 24.5 Å². The normalized spacial score (nSPS) is 12.0. The Hall–Kier alpha value is -1.85. The standard InChI is InChI=1S/C42H79NO5/c1-3-5-7-9-11-12-13-14-15-16-17-18-19-20-21-22-23-24-25-27-33-37-42(47)48-39(34-30-26-10-8-6-4-2)35-31-28-29-32-36-40(44)43-38-41(45)46/h16-17,39H,3-15,18-38H2,1-2H3,(H,43,44)(H,45,46)/b17-16-. The summed E-state index contributed by atoms with van der Waals surface area (Å²) >= 11 is 0. The van der Waals surface area contributed by atoms with E-state index < -0.39 is 5.97 Å². The highest BCUT2D eigenvalue weighted by molar-refractivity contribution is 5.80. The molecule has 0 fully saturated rings. The molecular formula is C42H79NO5. The van der Waals surface area contributed by atoms with E-state index in [1.807, 2.05) is 0 Å². The van der Waals surface area contributed by atoms with Crippen molar-refractivity contribution in [2.24, 2.45) is 0 Å². The molecule has 1 amide bonds. The second-order valence-electron chi connectivity index (χ2n) is 14.2. The fourth-order valence-corrected chi connectivity index (χ4v) is 6.33. The third kappa shape index (κ3) is 37.0. The Kier molecular flexibility index (Phi) is 36.5. The van der Waals surface area contributed by atoms with E-state index in [0.717, 1.165) is 57.8 Å². The van der Waals surface area contributed by atoms with Gasteiger partial charge in [-0.3, -0.25) is 14.4 Å². The molecule has 0 aromatic heterocycles. The van der Waals surface area contributed by atoms with Crippen molar-refractivity contribution in [2.75, 3.05) is 6.54 Å². The maximum Gasteiger partial charge on any atom is 0.322 e. The molecule has 0 bridgehead atoms. The highest BCUT2D eigenvalue weighted by Crippen LogP contribution is 2.18. The lowest BCUT2D eigenvalue weighted by atomic mass is 10.0. The molecule has 0 saturated heterocycles. The van der Waals surface area contributed by atoms with Crippen LogP contribution in [0.5, 0.6) is 0 Å². The number of hydrogen-bond acceptors (Lipinski definition) is 4. The summed E-state index contributed by atoms with van der Waals surface area (Å²) in [6.07, 6.45) is 43.5. The average molecular weight is 678 g/mol. The summed E-state index contributed by atoms with van der Waals surface area (Å²) in [5.41, 5.74) is 0. The van der Waals surface area contributed by atoms with Crippen molar-refractivity contribution >= 4 is 17.8 Å². The molecule has 0 aromatic carbocycles. The zero-order chi connectivity index (χ0) is 35.2. The van der Waals surface area contributed by atoms with Crippen LogP contribution in [-0.4, -0.2) is 35.6 Å². The van der Waals surface area contributed by atoms with E-state index in [2.05, 4.69) is 31.3 Å². The Balaban J connectivity index is 3.86. The number of nitrogens with one attached hydrogen (secondary N) is 1. The molecule has 2 N–H and O–H groups in total. The Bertz CT molecular complexity index is 752. The van der Waals surface area contributed by atoms with E-state index in [0.29, 0.717) is 12.8 Å². The molecule has 0 radical (unpaired) electrons. The fourth-order valence-electron chi connectivity index (χ4n) is 6.33. The van der Waals surface area contributed by atoms with Crippen molar-refractivity contribution in [3.63, 3.8) is 0 Å². The maximum atomic E-state index is 12.6. The van der Waals surface area contributed by atoms with Gasteiger partial charge in [-0.25, -0.2) is 0 Å². The zero-order valence-corrected chi connectivity index (χ0v) is 31.9. The lowest BCUT2D eigenvalue weighted by molar-refractivity contribution is -0.150. The van der Waals surface area contributed by atoms with Crippen molar-refractivity contribution in [3.05, 3.63) is 12.2 Å². The number of unbranched alkanes of at least 4 members (excludes halogenated alkanes) is 25. The number of allylic oxidation sites excluding steroid dienone is 2. The van der Waals surface area contributed by atoms with Crippen molar-refractivity contribution in [1.29, 1.82) is 0 Å². The summed E-state index contributed by atoms with van der Waals surface area (Å²) in [6, 6.07) is 0. The Morgan fingerprint density at radius 2 is 0.896 bits per heavy atom. The molecule has 0 aliphatic carbocycles. The number of carboxylic acids is 1. The topological polar surface area (TPSA) is 92.7 Å². The first-order chi connectivity index (χ1) is 23.5. The number of carboxylic acid groups (broad SMARTS) is 1. The second-order valence-corrected chi connectivity index (χ2v) is 14.2. The van der Waals surface area contributed by atoms with E-state index >= 15 is 0 Å². The first-order valence-corrected chi connectivity index (χ1v) is 20.8. The van der Waals surface area contributed by atoms with Crippen LogP contribution < -0.4 is 5.32 Å². The van der Waals surface area contributed by atoms with Gasteiger partial charge < -0.3 is 15.2 Å². The molecule has 282 valence electrons. The number of rotatable bonds is 38. The summed E-state index contributed by atoms with van der Waals surface area (Å²) in [6.45, 7) is 4.20. The third-order valence-electron chi connectivity index (χ3n) is 9.44. The molecule has 1 atom stereocenters. The highest BCUT2D eigenvalue weighted by Gasteiger charge is 2.14. The SMILES string of the molecule is CCCCCCCCCC/C=C\CCCCCCCCCCCC(=O)OC(CCCCCCCC)CCCCCCC(=O)NCC(=O)O. The molecule has 0 aromatic rings. The van der Waals surface area contributed by atoms with Crippen molar-refractivity contribution in [2.45, 2.75) is 232 Å². The number of carbonyl (C=O) groups excluding carboxylic acids is 2. The van der Waals surface area contributed by atoms with Crippen LogP contribution in [0.2, 0.25) is 0 Å². The van der Waals surface area contributed by atoms with E-state index in [1.165, 1.54) is 141 Å². The van der Waals surface area contributed by atoms with Crippen LogP contribution in [-0.2, 0) is 19.1 Å². The fraction of sp³-hybridized carbons (Fsp3) is 0.881. The minimum absolute atomic E-state index is 0.00735. The van der Waals surface area contributed by atoms with Crippen LogP contribution in [0, 0.1) is 0 Å². The number of amides is 1. The van der Waals surface area contributed by atoms with Gasteiger partial charge in [0, 0.05) is 12.8 Å². The van der Waals surface area contributed by atoms with Gasteiger partial charge in [0.15, 0.2) is 0 Å². The Labute approximate surface area is 297 Å². The molecule has 6 heteroatoms. The minimum atomic E-state index is -1.02. The van der Waals surface area contributed by atoms with Crippen molar-refractivity contribution in [1.82, 2.24) is 5.32 Å². The summed E-state index contributed by atoms with van der Waals surface area (Å²) in [4.78, 5) is 34.9.